The van der Waals surface area contributed by atoms with E-state index < -0.39 is 0 Å². The number of hydrogen-bond donors (Lipinski definition) is 2. The van der Waals surface area contributed by atoms with Gasteiger partial charge in [0, 0.05) is 24.3 Å². The molecule has 0 aromatic heterocycles. The number of anilines is 2. The maximum atomic E-state index is 13.2. The van der Waals surface area contributed by atoms with Crippen molar-refractivity contribution in [3.05, 3.63) is 59.4 Å². The molecule has 0 saturated carbocycles. The molecule has 3 nitrogen and oxygen atoms in total. The highest BCUT2D eigenvalue weighted by molar-refractivity contribution is 5.90. The van der Waals surface area contributed by atoms with E-state index in [1.165, 1.54) is 6.07 Å². The highest BCUT2D eigenvalue weighted by Crippen LogP contribution is 2.17. The molecule has 0 unspecified atom stereocenters. The van der Waals surface area contributed by atoms with Crippen LogP contribution in [0.5, 0.6) is 0 Å². The Morgan fingerprint density at radius 1 is 1.14 bits per heavy atom. The van der Waals surface area contributed by atoms with Crippen molar-refractivity contribution in [3.63, 3.8) is 0 Å². The third kappa shape index (κ3) is 4.31. The molecule has 0 fully saturated rings. The molecule has 2 aromatic carbocycles. The highest BCUT2D eigenvalue weighted by Gasteiger charge is 2.02. The Kier molecular flexibility index (Phi) is 4.93. The summed E-state index contributed by atoms with van der Waals surface area (Å²) in [5.74, 6) is -0.204. The summed E-state index contributed by atoms with van der Waals surface area (Å²) in [6.07, 6.45) is 0.451. The van der Waals surface area contributed by atoms with Crippen molar-refractivity contribution in [2.24, 2.45) is 0 Å². The maximum absolute atomic E-state index is 13.2. The van der Waals surface area contributed by atoms with Crippen LogP contribution in [0.3, 0.4) is 0 Å². The first-order valence-corrected chi connectivity index (χ1v) is 6.97. The first kappa shape index (κ1) is 15.0. The van der Waals surface area contributed by atoms with Gasteiger partial charge >= 0.3 is 0 Å². The van der Waals surface area contributed by atoms with Crippen molar-refractivity contribution in [3.8, 4) is 0 Å². The lowest BCUT2D eigenvalue weighted by Crippen LogP contribution is -2.09. The summed E-state index contributed by atoms with van der Waals surface area (Å²) in [6, 6.07) is 12.6. The van der Waals surface area contributed by atoms with Crippen LogP contribution < -0.4 is 10.6 Å². The van der Waals surface area contributed by atoms with Crippen LogP contribution in [0.2, 0.25) is 0 Å². The van der Waals surface area contributed by atoms with Crippen molar-refractivity contribution < 1.29 is 9.18 Å². The number of hydrogen-bond acceptors (Lipinski definition) is 2. The van der Waals surface area contributed by atoms with Crippen LogP contribution in [0.15, 0.2) is 42.5 Å². The molecule has 0 saturated heterocycles. The monoisotopic (exact) mass is 286 g/mol. The predicted octanol–water partition coefficient (Wildman–Crippen LogP) is 4.09. The fraction of sp³-hybridized carbons (Fsp3) is 0.235. The lowest BCUT2D eigenvalue weighted by atomic mass is 10.1. The highest BCUT2D eigenvalue weighted by atomic mass is 19.1. The molecule has 0 spiro atoms. The minimum Gasteiger partial charge on any atom is -0.381 e. The van der Waals surface area contributed by atoms with Gasteiger partial charge in [-0.15, -0.1) is 0 Å². The van der Waals surface area contributed by atoms with Crippen LogP contribution in [-0.4, -0.2) is 5.91 Å². The van der Waals surface area contributed by atoms with E-state index >= 15 is 0 Å². The SMILES string of the molecule is CCC(=O)Nc1cccc(NCc2ccc(F)c(C)c2)c1. The van der Waals surface area contributed by atoms with E-state index in [2.05, 4.69) is 10.6 Å². The first-order chi connectivity index (χ1) is 10.1. The Morgan fingerprint density at radius 2 is 1.90 bits per heavy atom. The fourth-order valence-corrected chi connectivity index (χ4v) is 1.98. The Morgan fingerprint density at radius 3 is 2.62 bits per heavy atom. The van der Waals surface area contributed by atoms with Crippen LogP contribution in [0.1, 0.15) is 24.5 Å². The van der Waals surface area contributed by atoms with Crippen molar-refractivity contribution in [1.82, 2.24) is 0 Å². The van der Waals surface area contributed by atoms with Gasteiger partial charge in [-0.05, 0) is 42.3 Å². The summed E-state index contributed by atoms with van der Waals surface area (Å²) in [5.41, 5.74) is 3.32. The zero-order valence-corrected chi connectivity index (χ0v) is 12.2. The molecule has 0 atom stereocenters. The summed E-state index contributed by atoms with van der Waals surface area (Å²) >= 11 is 0. The van der Waals surface area contributed by atoms with Crippen molar-refractivity contribution in [2.75, 3.05) is 10.6 Å². The van der Waals surface area contributed by atoms with Crippen molar-refractivity contribution >= 4 is 17.3 Å². The second-order valence-corrected chi connectivity index (χ2v) is 4.92. The average Bonchev–Trinajstić information content (AvgIpc) is 2.49. The van der Waals surface area contributed by atoms with Crippen LogP contribution in [-0.2, 0) is 11.3 Å². The third-order valence-corrected chi connectivity index (χ3v) is 3.19. The molecule has 2 aromatic rings. The molecule has 21 heavy (non-hydrogen) atoms. The zero-order valence-electron chi connectivity index (χ0n) is 12.2. The largest absolute Gasteiger partial charge is 0.381 e. The number of carbonyl (C=O) groups excluding carboxylic acids is 1. The molecule has 0 heterocycles. The minimum atomic E-state index is -0.192. The first-order valence-electron chi connectivity index (χ1n) is 6.97. The summed E-state index contributed by atoms with van der Waals surface area (Å²) in [4.78, 5) is 11.4. The van der Waals surface area contributed by atoms with Gasteiger partial charge in [-0.1, -0.05) is 25.1 Å². The normalized spacial score (nSPS) is 10.2. The summed E-state index contributed by atoms with van der Waals surface area (Å²) in [6.45, 7) is 4.17. The lowest BCUT2D eigenvalue weighted by molar-refractivity contribution is -0.115. The number of benzene rings is 2. The van der Waals surface area contributed by atoms with Gasteiger partial charge in [0.2, 0.25) is 5.91 Å². The minimum absolute atomic E-state index is 0.0127. The predicted molar refractivity (Wildman–Crippen MR) is 83.8 cm³/mol. The van der Waals surface area contributed by atoms with Crippen LogP contribution in [0.25, 0.3) is 0 Å². The van der Waals surface area contributed by atoms with Gasteiger partial charge in [-0.2, -0.15) is 0 Å². The molecule has 0 aliphatic rings. The van der Waals surface area contributed by atoms with Gasteiger partial charge in [-0.25, -0.2) is 4.39 Å². The van der Waals surface area contributed by atoms with E-state index in [9.17, 15) is 9.18 Å². The van der Waals surface area contributed by atoms with Crippen molar-refractivity contribution in [1.29, 1.82) is 0 Å². The van der Waals surface area contributed by atoms with Gasteiger partial charge in [0.1, 0.15) is 5.82 Å². The van der Waals surface area contributed by atoms with E-state index in [0.29, 0.717) is 18.5 Å². The number of amides is 1. The van der Waals surface area contributed by atoms with Crippen LogP contribution in [0, 0.1) is 12.7 Å². The van der Waals surface area contributed by atoms with Crippen LogP contribution >= 0.6 is 0 Å². The number of carbonyl (C=O) groups is 1. The van der Waals surface area contributed by atoms with E-state index in [4.69, 9.17) is 0 Å². The second kappa shape index (κ2) is 6.88. The molecule has 2 rings (SSSR count). The van der Waals surface area contributed by atoms with E-state index in [0.717, 1.165) is 16.9 Å². The van der Waals surface area contributed by atoms with Crippen LogP contribution in [0.4, 0.5) is 15.8 Å². The molecule has 2 N–H and O–H groups in total. The number of nitrogens with one attached hydrogen (secondary N) is 2. The number of aryl methyl sites for hydroxylation is 1. The van der Waals surface area contributed by atoms with Gasteiger partial charge in [0.25, 0.3) is 0 Å². The van der Waals surface area contributed by atoms with Gasteiger partial charge in [0.05, 0.1) is 0 Å². The number of rotatable bonds is 5. The molecular weight excluding hydrogens is 267 g/mol. The molecular formula is C17H19FN2O. The topological polar surface area (TPSA) is 41.1 Å². The smallest absolute Gasteiger partial charge is 0.224 e. The number of halogens is 1. The molecule has 0 aliphatic heterocycles. The Labute approximate surface area is 124 Å². The quantitative estimate of drug-likeness (QED) is 0.869. The Bertz CT molecular complexity index is 640. The van der Waals surface area contributed by atoms with E-state index in [1.54, 1.807) is 13.0 Å². The lowest BCUT2D eigenvalue weighted by Gasteiger charge is -2.10. The Hall–Kier alpha value is -2.36. The summed E-state index contributed by atoms with van der Waals surface area (Å²) in [5, 5.41) is 6.08. The third-order valence-electron chi connectivity index (χ3n) is 3.19. The average molecular weight is 286 g/mol. The van der Waals surface area contributed by atoms with Gasteiger partial charge in [0.15, 0.2) is 0 Å². The zero-order chi connectivity index (χ0) is 15.2. The molecule has 4 heteroatoms. The van der Waals surface area contributed by atoms with Gasteiger partial charge in [-0.3, -0.25) is 4.79 Å². The summed E-state index contributed by atoms with van der Waals surface area (Å²) < 4.78 is 13.2. The molecule has 110 valence electrons. The molecule has 1 amide bonds. The standard InChI is InChI=1S/C17H19FN2O/c1-3-17(21)20-15-6-4-5-14(10-15)19-11-13-7-8-16(18)12(2)9-13/h4-10,19H,3,11H2,1-2H3,(H,20,21). The van der Waals surface area contributed by atoms with Crippen molar-refractivity contribution in [2.45, 2.75) is 26.8 Å². The summed E-state index contributed by atoms with van der Waals surface area (Å²) in [7, 11) is 0. The maximum Gasteiger partial charge on any atom is 0.224 e. The second-order valence-electron chi connectivity index (χ2n) is 4.92. The van der Waals surface area contributed by atoms with E-state index in [1.807, 2.05) is 37.3 Å². The molecule has 0 aliphatic carbocycles. The Balaban J connectivity index is 2.01. The fourth-order valence-electron chi connectivity index (χ4n) is 1.98. The van der Waals surface area contributed by atoms with Gasteiger partial charge < -0.3 is 10.6 Å². The van der Waals surface area contributed by atoms with E-state index in [-0.39, 0.29) is 11.7 Å². The molecule has 0 bridgehead atoms. The molecule has 0 radical (unpaired) electrons.